The van der Waals surface area contributed by atoms with Crippen LogP contribution in [0.3, 0.4) is 0 Å². The maximum atomic E-state index is 11.8. The normalized spacial score (nSPS) is 26.9. The van der Waals surface area contributed by atoms with Crippen molar-refractivity contribution in [2.24, 2.45) is 11.2 Å². The van der Waals surface area contributed by atoms with Crippen LogP contribution in [0.25, 0.3) is 0 Å². The van der Waals surface area contributed by atoms with Crippen molar-refractivity contribution in [1.29, 1.82) is 0 Å². The average Bonchev–Trinajstić information content (AvgIpc) is 2.82. The average molecular weight is 380 g/mol. The van der Waals surface area contributed by atoms with Crippen LogP contribution in [-0.2, 0) is 4.74 Å². The summed E-state index contributed by atoms with van der Waals surface area (Å²) in [6.07, 6.45) is -2.59. The molecular formula is C12H21N4O8P. The summed E-state index contributed by atoms with van der Waals surface area (Å²) in [5, 5.41) is 28.6. The van der Waals surface area contributed by atoms with Gasteiger partial charge in [-0.3, -0.25) is 19.8 Å². The second-order valence-electron chi connectivity index (χ2n) is 5.06. The molecule has 10 N–H and O–H groups in total. The quantitative estimate of drug-likeness (QED) is 0.190. The van der Waals surface area contributed by atoms with E-state index in [-0.39, 0.29) is 5.56 Å². The van der Waals surface area contributed by atoms with Crippen LogP contribution >= 0.6 is 8.53 Å². The van der Waals surface area contributed by atoms with Gasteiger partial charge in [0.2, 0.25) is 8.53 Å². The fourth-order valence-corrected chi connectivity index (χ4v) is 2.16. The Morgan fingerprint density at radius 2 is 1.96 bits per heavy atom. The Hall–Kier alpha value is -1.47. The zero-order chi connectivity index (χ0) is 19.3. The van der Waals surface area contributed by atoms with Crippen molar-refractivity contribution < 1.29 is 29.8 Å². The van der Waals surface area contributed by atoms with Gasteiger partial charge in [0, 0.05) is 6.20 Å². The molecule has 5 atom stereocenters. The molecule has 1 aliphatic rings. The Morgan fingerprint density at radius 1 is 1.40 bits per heavy atom. The molecule has 0 amide bonds. The summed E-state index contributed by atoms with van der Waals surface area (Å²) in [6.45, 7) is 2.94. The van der Waals surface area contributed by atoms with Crippen molar-refractivity contribution in [3.8, 4) is 0 Å². The van der Waals surface area contributed by atoms with Gasteiger partial charge in [0.1, 0.15) is 18.3 Å². The van der Waals surface area contributed by atoms with Gasteiger partial charge >= 0.3 is 5.69 Å². The summed E-state index contributed by atoms with van der Waals surface area (Å²) >= 11 is 0. The molecule has 1 aromatic rings. The van der Waals surface area contributed by atoms with Crippen LogP contribution < -0.4 is 22.5 Å². The molecule has 0 aromatic carbocycles. The van der Waals surface area contributed by atoms with E-state index in [0.717, 1.165) is 10.8 Å². The van der Waals surface area contributed by atoms with Gasteiger partial charge in [-0.15, -0.1) is 6.58 Å². The fourth-order valence-electron chi connectivity index (χ4n) is 2.16. The van der Waals surface area contributed by atoms with Crippen LogP contribution in [0.5, 0.6) is 0 Å². The first-order chi connectivity index (χ1) is 11.6. The molecule has 142 valence electrons. The molecule has 13 heteroatoms. The maximum Gasteiger partial charge on any atom is 0.330 e. The fraction of sp³-hybridized carbons (Fsp3) is 0.500. The predicted molar refractivity (Wildman–Crippen MR) is 87.0 cm³/mol. The Labute approximate surface area is 142 Å². The van der Waals surface area contributed by atoms with E-state index in [1.807, 2.05) is 0 Å². The minimum Gasteiger partial charge on any atom is -0.394 e. The van der Waals surface area contributed by atoms with E-state index >= 15 is 0 Å². The highest BCUT2D eigenvalue weighted by Crippen LogP contribution is 2.28. The van der Waals surface area contributed by atoms with Crippen molar-refractivity contribution in [3.05, 3.63) is 45.3 Å². The molecule has 25 heavy (non-hydrogen) atoms. The molecule has 0 bridgehead atoms. The molecule has 0 saturated carbocycles. The van der Waals surface area contributed by atoms with Crippen LogP contribution in [0, 0.1) is 0 Å². The Morgan fingerprint density at radius 3 is 2.40 bits per heavy atom. The van der Waals surface area contributed by atoms with Gasteiger partial charge in [-0.2, -0.15) is 0 Å². The number of nitrogens with one attached hydrogen (secondary N) is 1. The number of nitrogens with two attached hydrogens (primary N) is 2. The maximum absolute atomic E-state index is 11.8. The molecule has 0 aliphatic carbocycles. The first-order valence-electron chi connectivity index (χ1n) is 6.92. The SMILES string of the molecule is C=CC(N)c1cn([C@@H]2O[C@H](CO)[C@@H](O)[C@H]2O)c(=O)[nH]c1=O.NP(O)O. The van der Waals surface area contributed by atoms with Crippen molar-refractivity contribution in [1.82, 2.24) is 9.55 Å². The Bertz CT molecular complexity index is 690. The van der Waals surface area contributed by atoms with Crippen molar-refractivity contribution >= 4 is 8.53 Å². The highest BCUT2D eigenvalue weighted by molar-refractivity contribution is 7.42. The zero-order valence-corrected chi connectivity index (χ0v) is 13.9. The first kappa shape index (κ1) is 21.6. The molecule has 2 heterocycles. The number of aliphatic hydroxyl groups is 3. The zero-order valence-electron chi connectivity index (χ0n) is 13.0. The largest absolute Gasteiger partial charge is 0.394 e. The Balaban J connectivity index is 0.000000705. The third-order valence-corrected chi connectivity index (χ3v) is 3.40. The molecular weight excluding hydrogens is 359 g/mol. The van der Waals surface area contributed by atoms with E-state index < -0.39 is 57.0 Å². The summed E-state index contributed by atoms with van der Waals surface area (Å²) in [7, 11) is -2.12. The van der Waals surface area contributed by atoms with Gasteiger partial charge in [-0.1, -0.05) is 6.08 Å². The molecule has 2 rings (SSSR count). The van der Waals surface area contributed by atoms with Gasteiger partial charge in [0.15, 0.2) is 6.23 Å². The number of H-pyrrole nitrogens is 1. The van der Waals surface area contributed by atoms with E-state index in [0.29, 0.717) is 0 Å². The summed E-state index contributed by atoms with van der Waals surface area (Å²) in [6, 6.07) is -0.808. The van der Waals surface area contributed by atoms with Crippen molar-refractivity contribution in [2.75, 3.05) is 6.61 Å². The van der Waals surface area contributed by atoms with Crippen LogP contribution in [0.1, 0.15) is 17.8 Å². The van der Waals surface area contributed by atoms with E-state index in [1.165, 1.54) is 6.08 Å². The van der Waals surface area contributed by atoms with Gasteiger partial charge in [0.25, 0.3) is 5.56 Å². The van der Waals surface area contributed by atoms with Crippen LogP contribution in [0.2, 0.25) is 0 Å². The summed E-state index contributed by atoms with van der Waals surface area (Å²) in [5.41, 5.74) is 8.53. The second kappa shape index (κ2) is 9.29. The third kappa shape index (κ3) is 5.25. The first-order valence-corrected chi connectivity index (χ1v) is 8.24. The second-order valence-corrected chi connectivity index (χ2v) is 5.70. The van der Waals surface area contributed by atoms with Gasteiger partial charge in [0.05, 0.1) is 18.2 Å². The van der Waals surface area contributed by atoms with E-state index in [2.05, 4.69) is 17.1 Å². The highest BCUT2D eigenvalue weighted by atomic mass is 31.2. The number of aliphatic hydroxyl groups excluding tert-OH is 3. The van der Waals surface area contributed by atoms with Gasteiger partial charge in [-0.05, 0) is 0 Å². The lowest BCUT2D eigenvalue weighted by molar-refractivity contribution is -0.0551. The monoisotopic (exact) mass is 380 g/mol. The van der Waals surface area contributed by atoms with E-state index in [1.54, 1.807) is 0 Å². The number of hydrogen-bond acceptors (Lipinski definition) is 10. The van der Waals surface area contributed by atoms with E-state index in [4.69, 9.17) is 25.4 Å². The predicted octanol–water partition coefficient (Wildman–Crippen LogP) is -3.51. The van der Waals surface area contributed by atoms with Gasteiger partial charge < -0.3 is 35.6 Å². The van der Waals surface area contributed by atoms with Crippen LogP contribution in [0.4, 0.5) is 0 Å². The molecule has 0 radical (unpaired) electrons. The van der Waals surface area contributed by atoms with Gasteiger partial charge in [-0.25, -0.2) is 4.79 Å². The summed E-state index contributed by atoms with van der Waals surface area (Å²) < 4.78 is 6.15. The molecule has 1 fully saturated rings. The number of nitrogens with zero attached hydrogens (tertiary/aromatic N) is 1. The number of hydrogen-bond donors (Lipinski definition) is 8. The van der Waals surface area contributed by atoms with Crippen molar-refractivity contribution in [3.63, 3.8) is 0 Å². The summed E-state index contributed by atoms with van der Waals surface area (Å²) in [5.74, 6) is 0. The Kier molecular flexibility index (Phi) is 8.02. The molecule has 0 spiro atoms. The highest BCUT2D eigenvalue weighted by Gasteiger charge is 2.43. The standard InChI is InChI=1S/C12H17N3O6.H4NO2P/c1-2-6(13)5-3-15(12(20)14-10(5)19)11-9(18)8(17)7(4-16)21-11;1-4(2)3/h2-3,6-9,11,16-18H,1,4,13H2,(H,14,19,20);2-3H,1H2/t6?,7-,8-,9-,11-;/m1./s1. The minimum atomic E-state index is -2.12. The van der Waals surface area contributed by atoms with Crippen LogP contribution in [-0.4, -0.2) is 59.6 Å². The van der Waals surface area contributed by atoms with Crippen molar-refractivity contribution in [2.45, 2.75) is 30.6 Å². The van der Waals surface area contributed by atoms with E-state index in [9.17, 15) is 19.8 Å². The summed E-state index contributed by atoms with van der Waals surface area (Å²) in [4.78, 5) is 40.5. The molecule has 1 aromatic heterocycles. The third-order valence-electron chi connectivity index (χ3n) is 3.40. The lowest BCUT2D eigenvalue weighted by Gasteiger charge is -2.18. The minimum absolute atomic E-state index is 0.0577. The lowest BCUT2D eigenvalue weighted by Crippen LogP contribution is -2.39. The van der Waals surface area contributed by atoms with Crippen LogP contribution in [0.15, 0.2) is 28.4 Å². The molecule has 1 unspecified atom stereocenters. The smallest absolute Gasteiger partial charge is 0.330 e. The lowest BCUT2D eigenvalue weighted by atomic mass is 10.1. The number of ether oxygens (including phenoxy) is 1. The number of aromatic nitrogens is 2. The number of aromatic amines is 1. The molecule has 1 aliphatic heterocycles. The molecule has 1 saturated heterocycles. The topological polar surface area (TPSA) is 217 Å². The number of rotatable bonds is 4. The molecule has 12 nitrogen and oxygen atoms in total.